The number of H-pyrrole nitrogens is 1. The van der Waals surface area contributed by atoms with Crippen LogP contribution in [0.3, 0.4) is 0 Å². The molecule has 0 fully saturated rings. The van der Waals surface area contributed by atoms with E-state index in [0.717, 1.165) is 22.8 Å². The van der Waals surface area contributed by atoms with Crippen molar-refractivity contribution in [1.29, 1.82) is 0 Å². The minimum atomic E-state index is 0.958. The number of aromatic nitrogens is 2. The predicted octanol–water partition coefficient (Wildman–Crippen LogP) is 4.18. The molecule has 0 unspecified atom stereocenters. The van der Waals surface area contributed by atoms with Gasteiger partial charge in [-0.3, -0.25) is 0 Å². The molecule has 16 heavy (non-hydrogen) atoms. The van der Waals surface area contributed by atoms with Gasteiger partial charge in [0.05, 0.1) is 5.69 Å². The van der Waals surface area contributed by atoms with Crippen molar-refractivity contribution in [3.05, 3.63) is 39.3 Å². The molecule has 2 nitrogen and oxygen atoms in total. The number of hydrogen-bond acceptors (Lipinski definition) is 3. The number of hydrogen-bond donors (Lipinski definition) is 1. The lowest BCUT2D eigenvalue weighted by Gasteiger charge is -1.90. The summed E-state index contributed by atoms with van der Waals surface area (Å²) >= 11 is 3.39. The van der Waals surface area contributed by atoms with E-state index in [0.29, 0.717) is 0 Å². The molecular formula is C12H10N2S2. The van der Waals surface area contributed by atoms with Crippen molar-refractivity contribution in [3.8, 4) is 22.6 Å². The van der Waals surface area contributed by atoms with Gasteiger partial charge in [0.25, 0.3) is 0 Å². The summed E-state index contributed by atoms with van der Waals surface area (Å²) in [5.41, 5.74) is 4.54. The normalized spacial score (nSPS) is 10.8. The summed E-state index contributed by atoms with van der Waals surface area (Å²) in [5, 5.41) is 8.38. The minimum absolute atomic E-state index is 0.958. The highest BCUT2D eigenvalue weighted by atomic mass is 32.1. The second-order valence-electron chi connectivity index (χ2n) is 3.58. The number of nitrogens with zero attached hydrogens (tertiary/aromatic N) is 1. The third-order valence-electron chi connectivity index (χ3n) is 2.47. The molecule has 0 spiro atoms. The fourth-order valence-corrected chi connectivity index (χ4v) is 2.96. The third kappa shape index (κ3) is 1.60. The van der Waals surface area contributed by atoms with Gasteiger partial charge in [0.15, 0.2) is 0 Å². The summed E-state index contributed by atoms with van der Waals surface area (Å²) in [4.78, 5) is 7.99. The van der Waals surface area contributed by atoms with Crippen molar-refractivity contribution < 1.29 is 0 Å². The highest BCUT2D eigenvalue weighted by Crippen LogP contribution is 2.27. The van der Waals surface area contributed by atoms with Crippen LogP contribution < -0.4 is 0 Å². The van der Waals surface area contributed by atoms with E-state index in [-0.39, 0.29) is 0 Å². The Bertz CT molecular complexity index is 577. The maximum Gasteiger partial charge on any atom is 0.139 e. The van der Waals surface area contributed by atoms with Crippen LogP contribution in [0, 0.1) is 6.92 Å². The first-order valence-corrected chi connectivity index (χ1v) is 6.85. The van der Waals surface area contributed by atoms with E-state index in [1.165, 1.54) is 5.56 Å². The highest BCUT2D eigenvalue weighted by molar-refractivity contribution is 7.08. The Morgan fingerprint density at radius 1 is 1.06 bits per heavy atom. The zero-order valence-electron chi connectivity index (χ0n) is 8.73. The van der Waals surface area contributed by atoms with Gasteiger partial charge in [0, 0.05) is 27.6 Å². The molecule has 3 heterocycles. The summed E-state index contributed by atoms with van der Waals surface area (Å²) in [7, 11) is 0. The largest absolute Gasteiger partial charge is 0.342 e. The van der Waals surface area contributed by atoms with E-state index in [1.807, 2.05) is 0 Å². The molecule has 3 aromatic heterocycles. The van der Waals surface area contributed by atoms with Crippen LogP contribution in [0.1, 0.15) is 5.69 Å². The molecule has 0 aliphatic rings. The topological polar surface area (TPSA) is 28.7 Å². The maximum absolute atomic E-state index is 4.65. The monoisotopic (exact) mass is 246 g/mol. The molecular weight excluding hydrogens is 236 g/mol. The van der Waals surface area contributed by atoms with Gasteiger partial charge in [-0.15, -0.1) is 0 Å². The van der Waals surface area contributed by atoms with Gasteiger partial charge in [-0.1, -0.05) is 0 Å². The fourth-order valence-electron chi connectivity index (χ4n) is 1.68. The van der Waals surface area contributed by atoms with Crippen LogP contribution in [0.5, 0.6) is 0 Å². The maximum atomic E-state index is 4.65. The van der Waals surface area contributed by atoms with E-state index < -0.39 is 0 Å². The zero-order valence-corrected chi connectivity index (χ0v) is 10.4. The van der Waals surface area contributed by atoms with Crippen molar-refractivity contribution in [2.24, 2.45) is 0 Å². The second kappa shape index (κ2) is 3.88. The fraction of sp³-hybridized carbons (Fsp3) is 0.0833. The molecule has 0 bridgehead atoms. The summed E-state index contributed by atoms with van der Waals surface area (Å²) in [6.45, 7) is 2.07. The molecule has 0 amide bonds. The molecule has 80 valence electrons. The zero-order chi connectivity index (χ0) is 11.0. The van der Waals surface area contributed by atoms with Gasteiger partial charge in [-0.2, -0.15) is 22.7 Å². The minimum Gasteiger partial charge on any atom is -0.342 e. The lowest BCUT2D eigenvalue weighted by Crippen LogP contribution is -1.76. The van der Waals surface area contributed by atoms with Crippen LogP contribution in [0.2, 0.25) is 0 Å². The molecule has 0 saturated heterocycles. The number of imidazole rings is 1. The average molecular weight is 246 g/mol. The van der Waals surface area contributed by atoms with Crippen molar-refractivity contribution in [2.45, 2.75) is 6.92 Å². The van der Waals surface area contributed by atoms with Gasteiger partial charge >= 0.3 is 0 Å². The third-order valence-corrected chi connectivity index (χ3v) is 3.84. The molecule has 0 radical (unpaired) electrons. The van der Waals surface area contributed by atoms with Crippen LogP contribution in [0.4, 0.5) is 0 Å². The molecule has 0 aliphatic heterocycles. The summed E-state index contributed by atoms with van der Waals surface area (Å²) in [5.74, 6) is 0.958. The predicted molar refractivity (Wildman–Crippen MR) is 70.0 cm³/mol. The van der Waals surface area contributed by atoms with E-state index >= 15 is 0 Å². The van der Waals surface area contributed by atoms with Crippen molar-refractivity contribution in [1.82, 2.24) is 9.97 Å². The van der Waals surface area contributed by atoms with Gasteiger partial charge in [-0.25, -0.2) is 4.98 Å². The first-order valence-electron chi connectivity index (χ1n) is 4.96. The average Bonchev–Trinajstić information content (AvgIpc) is 2.97. The van der Waals surface area contributed by atoms with E-state index in [2.05, 4.69) is 50.5 Å². The Balaban J connectivity index is 2.09. The van der Waals surface area contributed by atoms with Crippen LogP contribution >= 0.6 is 22.7 Å². The quantitative estimate of drug-likeness (QED) is 0.722. The highest BCUT2D eigenvalue weighted by Gasteiger charge is 2.10. The molecule has 0 atom stereocenters. The summed E-state index contributed by atoms with van der Waals surface area (Å²) in [6.07, 6.45) is 0. The molecule has 0 aromatic carbocycles. The molecule has 1 N–H and O–H groups in total. The number of aryl methyl sites for hydroxylation is 1. The van der Waals surface area contributed by atoms with E-state index in [1.54, 1.807) is 22.7 Å². The Kier molecular flexibility index (Phi) is 2.38. The van der Waals surface area contributed by atoms with E-state index in [9.17, 15) is 0 Å². The Labute approximate surface area is 102 Å². The van der Waals surface area contributed by atoms with Crippen LogP contribution in [0.25, 0.3) is 22.6 Å². The Morgan fingerprint density at radius 3 is 2.38 bits per heavy atom. The molecule has 3 rings (SSSR count). The van der Waals surface area contributed by atoms with E-state index in [4.69, 9.17) is 0 Å². The smallest absolute Gasteiger partial charge is 0.139 e. The lowest BCUT2D eigenvalue weighted by atomic mass is 10.2. The Hall–Kier alpha value is -1.39. The number of nitrogens with one attached hydrogen (secondary N) is 1. The van der Waals surface area contributed by atoms with Crippen LogP contribution in [-0.2, 0) is 0 Å². The number of thiophene rings is 2. The van der Waals surface area contributed by atoms with Crippen molar-refractivity contribution in [2.75, 3.05) is 0 Å². The SMILES string of the molecule is Cc1[nH]c(-c2ccsc2)nc1-c1ccsc1. The molecule has 3 aromatic rings. The summed E-state index contributed by atoms with van der Waals surface area (Å²) in [6, 6.07) is 4.19. The molecule has 0 aliphatic carbocycles. The number of rotatable bonds is 2. The molecule has 0 saturated carbocycles. The van der Waals surface area contributed by atoms with Gasteiger partial charge in [0.1, 0.15) is 5.82 Å². The standard InChI is InChI=1S/C12H10N2S2/c1-8-11(9-2-4-15-6-9)14-12(13-8)10-3-5-16-7-10/h2-7H,1H3,(H,13,14). The first-order chi connectivity index (χ1) is 7.84. The van der Waals surface area contributed by atoms with Gasteiger partial charge < -0.3 is 4.98 Å². The number of aromatic amines is 1. The summed E-state index contributed by atoms with van der Waals surface area (Å²) < 4.78 is 0. The lowest BCUT2D eigenvalue weighted by molar-refractivity contribution is 1.26. The van der Waals surface area contributed by atoms with Gasteiger partial charge in [0.2, 0.25) is 0 Å². The van der Waals surface area contributed by atoms with Crippen LogP contribution in [-0.4, -0.2) is 9.97 Å². The Morgan fingerprint density at radius 2 is 1.75 bits per heavy atom. The van der Waals surface area contributed by atoms with Crippen LogP contribution in [0.15, 0.2) is 33.7 Å². The first kappa shape index (κ1) is 9.81. The van der Waals surface area contributed by atoms with Crippen molar-refractivity contribution >= 4 is 22.7 Å². The van der Waals surface area contributed by atoms with Crippen molar-refractivity contribution in [3.63, 3.8) is 0 Å². The molecule has 4 heteroatoms. The van der Waals surface area contributed by atoms with Gasteiger partial charge in [-0.05, 0) is 29.8 Å². The second-order valence-corrected chi connectivity index (χ2v) is 5.14.